The fraction of sp³-hybridized carbons (Fsp3) is 0.429. The van der Waals surface area contributed by atoms with Gasteiger partial charge >= 0.3 is 5.97 Å². The maximum absolute atomic E-state index is 12.3. The molecule has 0 atom stereocenters. The van der Waals surface area contributed by atoms with Crippen molar-refractivity contribution in [1.82, 2.24) is 15.4 Å². The topological polar surface area (TPSA) is 111 Å². The number of amides is 2. The van der Waals surface area contributed by atoms with E-state index < -0.39 is 18.5 Å². The van der Waals surface area contributed by atoms with E-state index in [0.717, 1.165) is 24.1 Å². The quantitative estimate of drug-likeness (QED) is 0.621. The van der Waals surface area contributed by atoms with Crippen LogP contribution < -0.4 is 10.1 Å². The molecule has 0 unspecified atom stereocenters. The van der Waals surface area contributed by atoms with Crippen LogP contribution in [0.2, 0.25) is 0 Å². The number of nitrogens with zero attached hydrogens (tertiary/aromatic N) is 2. The lowest BCUT2D eigenvalue weighted by atomic mass is 10.2. The van der Waals surface area contributed by atoms with E-state index in [1.807, 2.05) is 6.92 Å². The number of ether oxygens (including phenoxy) is 2. The number of benzene rings is 1. The van der Waals surface area contributed by atoms with Crippen molar-refractivity contribution in [3.63, 3.8) is 0 Å². The van der Waals surface area contributed by atoms with Gasteiger partial charge in [0.25, 0.3) is 5.91 Å². The third kappa shape index (κ3) is 5.82. The van der Waals surface area contributed by atoms with Gasteiger partial charge in [-0.1, -0.05) is 11.2 Å². The maximum atomic E-state index is 12.3. The van der Waals surface area contributed by atoms with Crippen molar-refractivity contribution < 1.29 is 28.4 Å². The number of carbonyl (C=O) groups is 3. The average Bonchev–Trinajstić information content (AvgIpc) is 3.48. The van der Waals surface area contributed by atoms with Gasteiger partial charge in [-0.3, -0.25) is 9.59 Å². The van der Waals surface area contributed by atoms with Gasteiger partial charge in [0, 0.05) is 13.1 Å². The van der Waals surface area contributed by atoms with Crippen LogP contribution in [0.5, 0.6) is 5.75 Å². The molecule has 0 saturated heterocycles. The first-order valence-corrected chi connectivity index (χ1v) is 9.68. The van der Waals surface area contributed by atoms with Gasteiger partial charge in [-0.2, -0.15) is 0 Å². The largest absolute Gasteiger partial charge is 0.489 e. The van der Waals surface area contributed by atoms with E-state index in [-0.39, 0.29) is 30.7 Å². The van der Waals surface area contributed by atoms with Crippen LogP contribution in [-0.4, -0.2) is 54.1 Å². The third-order valence-corrected chi connectivity index (χ3v) is 4.71. The Kier molecular flexibility index (Phi) is 6.71. The van der Waals surface area contributed by atoms with Crippen molar-refractivity contribution in [1.29, 1.82) is 0 Å². The zero-order valence-electron chi connectivity index (χ0n) is 17.3. The molecule has 1 heterocycles. The predicted octanol–water partition coefficient (Wildman–Crippen LogP) is 1.76. The number of likely N-dealkylation sites (N-methyl/N-ethyl adjacent to an activating group) is 1. The third-order valence-electron chi connectivity index (χ3n) is 4.71. The fourth-order valence-electron chi connectivity index (χ4n) is 2.70. The summed E-state index contributed by atoms with van der Waals surface area (Å²) >= 11 is 0. The molecular formula is C21H25N3O6. The molecule has 30 heavy (non-hydrogen) atoms. The number of aryl methyl sites for hydroxylation is 2. The summed E-state index contributed by atoms with van der Waals surface area (Å²) < 4.78 is 15.9. The molecule has 3 rings (SSSR count). The average molecular weight is 415 g/mol. The molecule has 0 bridgehead atoms. The van der Waals surface area contributed by atoms with E-state index in [1.165, 1.54) is 18.0 Å². The molecular weight excluding hydrogens is 390 g/mol. The molecule has 0 spiro atoms. The molecule has 9 heteroatoms. The molecule has 1 saturated carbocycles. The Morgan fingerprint density at radius 3 is 2.70 bits per heavy atom. The monoisotopic (exact) mass is 415 g/mol. The highest BCUT2D eigenvalue weighted by atomic mass is 16.5. The molecule has 1 aromatic carbocycles. The number of nitrogens with one attached hydrogen (secondary N) is 1. The van der Waals surface area contributed by atoms with Gasteiger partial charge in [0.15, 0.2) is 6.61 Å². The minimum absolute atomic E-state index is 0.0715. The SMILES string of the molecule is Cc1noc(C)c1COc1cccc(C(=O)OCC(=O)N(C)CC(=O)NC2CC2)c1. The second-order valence-electron chi connectivity index (χ2n) is 7.29. The van der Waals surface area contributed by atoms with Crippen molar-refractivity contribution >= 4 is 17.8 Å². The smallest absolute Gasteiger partial charge is 0.338 e. The standard InChI is InChI=1S/C21H25N3O6/c1-13-18(14(2)30-23-13)11-28-17-6-4-5-15(9-17)21(27)29-12-20(26)24(3)10-19(25)22-16-7-8-16/h4-6,9,16H,7-8,10-12H2,1-3H3,(H,22,25). The predicted molar refractivity (Wildman–Crippen MR) is 106 cm³/mol. The minimum Gasteiger partial charge on any atom is -0.489 e. The van der Waals surface area contributed by atoms with Crippen LogP contribution >= 0.6 is 0 Å². The van der Waals surface area contributed by atoms with Crippen molar-refractivity contribution in [2.45, 2.75) is 39.3 Å². The highest BCUT2D eigenvalue weighted by Gasteiger charge is 2.24. The summed E-state index contributed by atoms with van der Waals surface area (Å²) in [6.07, 6.45) is 1.95. The molecule has 0 radical (unpaired) electrons. The Morgan fingerprint density at radius 1 is 1.27 bits per heavy atom. The number of hydrogen-bond donors (Lipinski definition) is 1. The number of esters is 1. The minimum atomic E-state index is -0.651. The molecule has 1 aromatic heterocycles. The van der Waals surface area contributed by atoms with Crippen LogP contribution in [0, 0.1) is 13.8 Å². The summed E-state index contributed by atoms with van der Waals surface area (Å²) in [6.45, 7) is 3.36. The summed E-state index contributed by atoms with van der Waals surface area (Å²) in [4.78, 5) is 37.4. The molecule has 160 valence electrons. The Hall–Kier alpha value is -3.36. The molecule has 1 aliphatic carbocycles. The summed E-state index contributed by atoms with van der Waals surface area (Å²) in [7, 11) is 1.49. The summed E-state index contributed by atoms with van der Waals surface area (Å²) in [6, 6.07) is 6.72. The first-order chi connectivity index (χ1) is 14.3. The molecule has 1 N–H and O–H groups in total. The van der Waals surface area contributed by atoms with Gasteiger partial charge in [0.1, 0.15) is 18.1 Å². The van der Waals surface area contributed by atoms with Gasteiger partial charge in [0.05, 0.1) is 23.4 Å². The first-order valence-electron chi connectivity index (χ1n) is 9.68. The molecule has 9 nitrogen and oxygen atoms in total. The lowest BCUT2D eigenvalue weighted by Crippen LogP contribution is -2.40. The fourth-order valence-corrected chi connectivity index (χ4v) is 2.70. The summed E-state index contributed by atoms with van der Waals surface area (Å²) in [5.41, 5.74) is 1.85. The molecule has 2 amide bonds. The van der Waals surface area contributed by atoms with Crippen LogP contribution in [0.1, 0.15) is 40.2 Å². The number of carbonyl (C=O) groups excluding carboxylic acids is 3. The van der Waals surface area contributed by atoms with E-state index in [0.29, 0.717) is 11.5 Å². The van der Waals surface area contributed by atoms with Crippen molar-refractivity contribution in [2.75, 3.05) is 20.2 Å². The summed E-state index contributed by atoms with van der Waals surface area (Å²) in [5.74, 6) is -0.175. The van der Waals surface area contributed by atoms with E-state index >= 15 is 0 Å². The molecule has 1 fully saturated rings. The molecule has 2 aromatic rings. The van der Waals surface area contributed by atoms with Gasteiger partial charge in [-0.05, 0) is 44.9 Å². The van der Waals surface area contributed by atoms with Gasteiger partial charge in [-0.25, -0.2) is 4.79 Å². The van der Waals surface area contributed by atoms with E-state index in [1.54, 1.807) is 25.1 Å². The number of aromatic nitrogens is 1. The van der Waals surface area contributed by atoms with Crippen LogP contribution in [-0.2, 0) is 20.9 Å². The van der Waals surface area contributed by atoms with Crippen LogP contribution in [0.15, 0.2) is 28.8 Å². The Morgan fingerprint density at radius 2 is 2.03 bits per heavy atom. The summed E-state index contributed by atoms with van der Waals surface area (Å²) in [5, 5.41) is 6.68. The lowest BCUT2D eigenvalue weighted by Gasteiger charge is -2.16. The number of rotatable bonds is 9. The van der Waals surface area contributed by atoms with Crippen LogP contribution in [0.25, 0.3) is 0 Å². The zero-order chi connectivity index (χ0) is 21.7. The van der Waals surface area contributed by atoms with E-state index in [2.05, 4.69) is 10.5 Å². The normalized spacial score (nSPS) is 12.9. The van der Waals surface area contributed by atoms with Crippen molar-refractivity contribution in [3.8, 4) is 5.75 Å². The Balaban J connectivity index is 1.48. The lowest BCUT2D eigenvalue weighted by molar-refractivity contribution is -0.137. The maximum Gasteiger partial charge on any atom is 0.338 e. The first kappa shape index (κ1) is 21.4. The van der Waals surface area contributed by atoms with Gasteiger partial charge < -0.3 is 24.2 Å². The van der Waals surface area contributed by atoms with Crippen LogP contribution in [0.4, 0.5) is 0 Å². The number of hydrogen-bond acceptors (Lipinski definition) is 7. The highest BCUT2D eigenvalue weighted by Crippen LogP contribution is 2.19. The second kappa shape index (κ2) is 9.43. The Bertz CT molecular complexity index is 915. The second-order valence-corrected chi connectivity index (χ2v) is 7.29. The van der Waals surface area contributed by atoms with Crippen molar-refractivity contribution in [3.05, 3.63) is 46.8 Å². The van der Waals surface area contributed by atoms with Gasteiger partial charge in [0.2, 0.25) is 5.91 Å². The van der Waals surface area contributed by atoms with Gasteiger partial charge in [-0.15, -0.1) is 0 Å². The Labute approximate surface area is 174 Å². The van der Waals surface area contributed by atoms with E-state index in [4.69, 9.17) is 14.0 Å². The highest BCUT2D eigenvalue weighted by molar-refractivity contribution is 5.92. The van der Waals surface area contributed by atoms with Crippen LogP contribution in [0.3, 0.4) is 0 Å². The zero-order valence-corrected chi connectivity index (χ0v) is 17.3. The molecule has 0 aliphatic heterocycles. The van der Waals surface area contributed by atoms with E-state index in [9.17, 15) is 14.4 Å². The van der Waals surface area contributed by atoms with Crippen molar-refractivity contribution in [2.24, 2.45) is 0 Å². The molecule has 1 aliphatic rings.